The Kier molecular flexibility index (Phi) is 6.67. The van der Waals surface area contributed by atoms with Crippen LogP contribution in [0.15, 0.2) is 87.8 Å². The molecule has 0 saturated heterocycles. The van der Waals surface area contributed by atoms with Gasteiger partial charge in [-0.25, -0.2) is 4.39 Å². The normalized spacial score (nSPS) is 13.1. The summed E-state index contributed by atoms with van der Waals surface area (Å²) < 4.78 is 59.5. The Bertz CT molecular complexity index is 1180. The molecule has 0 spiro atoms. The summed E-state index contributed by atoms with van der Waals surface area (Å²) in [7, 11) is 0. The van der Waals surface area contributed by atoms with Crippen molar-refractivity contribution < 1.29 is 22.0 Å². The van der Waals surface area contributed by atoms with Crippen molar-refractivity contribution >= 4 is 26.7 Å². The summed E-state index contributed by atoms with van der Waals surface area (Å²) in [6.07, 6.45) is -4.57. The van der Waals surface area contributed by atoms with Crippen molar-refractivity contribution in [3.8, 4) is 0 Å². The van der Waals surface area contributed by atoms with E-state index < -0.39 is 24.7 Å². The molecule has 0 aliphatic heterocycles. The standard InChI is InChI=1S/C25H20BrF4NO/c26-19-10-8-17(9-11-19)15-31(16-20-12-13-24(32-20)25(28,29)30)23(14-27)22-7-3-5-18-4-1-2-6-21(18)22/h1-13,23H,14-16H2. The number of fused-ring (bicyclic) bond motifs is 1. The number of alkyl halides is 4. The summed E-state index contributed by atoms with van der Waals surface area (Å²) in [5, 5.41) is 1.89. The number of benzene rings is 3. The Morgan fingerprint density at radius 3 is 2.25 bits per heavy atom. The van der Waals surface area contributed by atoms with Crippen molar-refractivity contribution in [3.05, 3.63) is 106 Å². The third kappa shape index (κ3) is 5.05. The first-order chi connectivity index (χ1) is 15.3. The molecule has 0 aliphatic rings. The summed E-state index contributed by atoms with van der Waals surface area (Å²) >= 11 is 3.40. The van der Waals surface area contributed by atoms with E-state index in [2.05, 4.69) is 15.9 Å². The number of rotatable bonds is 7. The highest BCUT2D eigenvalue weighted by atomic mass is 79.9. The van der Waals surface area contributed by atoms with E-state index in [9.17, 15) is 17.6 Å². The lowest BCUT2D eigenvalue weighted by Gasteiger charge is -2.30. The SMILES string of the molecule is FCC(c1cccc2ccccc12)N(Cc1ccc(Br)cc1)Cc1ccc(C(F)(F)F)o1. The average Bonchev–Trinajstić information content (AvgIpc) is 3.25. The Morgan fingerprint density at radius 1 is 0.844 bits per heavy atom. The molecular formula is C25H20BrF4NO. The van der Waals surface area contributed by atoms with E-state index in [0.717, 1.165) is 32.4 Å². The Labute approximate surface area is 191 Å². The number of halogens is 5. The molecule has 2 nitrogen and oxygen atoms in total. The van der Waals surface area contributed by atoms with Gasteiger partial charge < -0.3 is 4.42 Å². The smallest absolute Gasteiger partial charge is 0.449 e. The highest BCUT2D eigenvalue weighted by Gasteiger charge is 2.35. The number of hydrogen-bond donors (Lipinski definition) is 0. The molecule has 0 aliphatic carbocycles. The van der Waals surface area contributed by atoms with Gasteiger partial charge in [0, 0.05) is 11.0 Å². The second kappa shape index (κ2) is 9.46. The van der Waals surface area contributed by atoms with Crippen LogP contribution < -0.4 is 0 Å². The number of nitrogens with zero attached hydrogens (tertiary/aromatic N) is 1. The predicted octanol–water partition coefficient (Wildman–Crippen LogP) is 7.93. The molecule has 0 N–H and O–H groups in total. The zero-order chi connectivity index (χ0) is 22.7. The zero-order valence-corrected chi connectivity index (χ0v) is 18.5. The Hall–Kier alpha value is -2.64. The van der Waals surface area contributed by atoms with Crippen LogP contribution in [-0.2, 0) is 19.3 Å². The second-order valence-electron chi connectivity index (χ2n) is 7.53. The van der Waals surface area contributed by atoms with Crippen LogP contribution in [0, 0.1) is 0 Å². The van der Waals surface area contributed by atoms with E-state index in [1.807, 2.05) is 71.6 Å². The summed E-state index contributed by atoms with van der Waals surface area (Å²) in [4.78, 5) is 1.81. The maximum absolute atomic E-state index is 14.5. The fourth-order valence-electron chi connectivity index (χ4n) is 3.83. The van der Waals surface area contributed by atoms with Crippen LogP contribution in [0.2, 0.25) is 0 Å². The monoisotopic (exact) mass is 505 g/mol. The van der Waals surface area contributed by atoms with Crippen molar-refractivity contribution in [3.63, 3.8) is 0 Å². The Balaban J connectivity index is 1.72. The van der Waals surface area contributed by atoms with Crippen molar-refractivity contribution in [2.45, 2.75) is 25.3 Å². The van der Waals surface area contributed by atoms with Crippen LogP contribution >= 0.6 is 15.9 Å². The fraction of sp³-hybridized carbons (Fsp3) is 0.200. The predicted molar refractivity (Wildman–Crippen MR) is 120 cm³/mol. The van der Waals surface area contributed by atoms with E-state index >= 15 is 0 Å². The molecule has 1 atom stereocenters. The van der Waals surface area contributed by atoms with Crippen LogP contribution in [0.1, 0.15) is 28.7 Å². The van der Waals surface area contributed by atoms with Gasteiger partial charge in [-0.3, -0.25) is 4.90 Å². The van der Waals surface area contributed by atoms with Crippen LogP contribution in [0.5, 0.6) is 0 Å². The van der Waals surface area contributed by atoms with Crippen LogP contribution in [0.3, 0.4) is 0 Å². The second-order valence-corrected chi connectivity index (χ2v) is 8.45. The maximum atomic E-state index is 14.5. The Morgan fingerprint density at radius 2 is 1.56 bits per heavy atom. The van der Waals surface area contributed by atoms with E-state index in [-0.39, 0.29) is 12.3 Å². The van der Waals surface area contributed by atoms with Gasteiger partial charge in [-0.1, -0.05) is 70.5 Å². The minimum absolute atomic E-state index is 0.0317. The molecule has 1 heterocycles. The quantitative estimate of drug-likeness (QED) is 0.237. The number of furan rings is 1. The van der Waals surface area contributed by atoms with E-state index in [1.54, 1.807) is 0 Å². The van der Waals surface area contributed by atoms with Gasteiger partial charge in [0.15, 0.2) is 0 Å². The lowest BCUT2D eigenvalue weighted by Crippen LogP contribution is -2.29. The lowest BCUT2D eigenvalue weighted by molar-refractivity contribution is -0.153. The van der Waals surface area contributed by atoms with Crippen LogP contribution in [0.4, 0.5) is 17.6 Å². The molecule has 0 fully saturated rings. The average molecular weight is 506 g/mol. The molecule has 1 aromatic heterocycles. The van der Waals surface area contributed by atoms with Crippen molar-refractivity contribution in [1.29, 1.82) is 0 Å². The fourth-order valence-corrected chi connectivity index (χ4v) is 4.10. The lowest BCUT2D eigenvalue weighted by atomic mass is 9.97. The molecule has 0 radical (unpaired) electrons. The van der Waals surface area contributed by atoms with Gasteiger partial charge in [-0.15, -0.1) is 0 Å². The zero-order valence-electron chi connectivity index (χ0n) is 16.9. The number of hydrogen-bond acceptors (Lipinski definition) is 2. The van der Waals surface area contributed by atoms with E-state index in [0.29, 0.717) is 6.54 Å². The van der Waals surface area contributed by atoms with Gasteiger partial charge in [-0.2, -0.15) is 13.2 Å². The summed E-state index contributed by atoms with van der Waals surface area (Å²) in [6, 6.07) is 22.5. The first-order valence-electron chi connectivity index (χ1n) is 10.0. The van der Waals surface area contributed by atoms with Gasteiger partial charge in [-0.05, 0) is 46.2 Å². The molecule has 1 unspecified atom stereocenters. The molecule has 4 aromatic rings. The first kappa shape index (κ1) is 22.6. The molecule has 4 rings (SSSR count). The van der Waals surface area contributed by atoms with E-state index in [1.165, 1.54) is 6.07 Å². The minimum Gasteiger partial charge on any atom is -0.455 e. The maximum Gasteiger partial charge on any atom is 0.449 e. The molecule has 3 aromatic carbocycles. The summed E-state index contributed by atoms with van der Waals surface area (Å²) in [5.41, 5.74) is 1.69. The van der Waals surface area contributed by atoms with Gasteiger partial charge in [0.05, 0.1) is 12.6 Å². The third-order valence-corrected chi connectivity index (χ3v) is 5.90. The van der Waals surface area contributed by atoms with Crippen molar-refractivity contribution in [1.82, 2.24) is 4.90 Å². The largest absolute Gasteiger partial charge is 0.455 e. The van der Waals surface area contributed by atoms with Gasteiger partial charge in [0.2, 0.25) is 5.76 Å². The summed E-state index contributed by atoms with van der Waals surface area (Å²) in [5.74, 6) is -0.925. The molecule has 0 bridgehead atoms. The molecule has 0 saturated carbocycles. The van der Waals surface area contributed by atoms with Crippen LogP contribution in [0.25, 0.3) is 10.8 Å². The third-order valence-electron chi connectivity index (χ3n) is 5.37. The molecule has 32 heavy (non-hydrogen) atoms. The van der Waals surface area contributed by atoms with Crippen LogP contribution in [-0.4, -0.2) is 11.6 Å². The molecule has 7 heteroatoms. The minimum atomic E-state index is -4.57. The first-order valence-corrected chi connectivity index (χ1v) is 10.8. The van der Waals surface area contributed by atoms with Crippen molar-refractivity contribution in [2.24, 2.45) is 0 Å². The van der Waals surface area contributed by atoms with Gasteiger partial charge >= 0.3 is 6.18 Å². The van der Waals surface area contributed by atoms with E-state index in [4.69, 9.17) is 4.42 Å². The molecular weight excluding hydrogens is 486 g/mol. The highest BCUT2D eigenvalue weighted by molar-refractivity contribution is 9.10. The molecule has 166 valence electrons. The topological polar surface area (TPSA) is 16.4 Å². The van der Waals surface area contributed by atoms with Crippen molar-refractivity contribution in [2.75, 3.05) is 6.67 Å². The van der Waals surface area contributed by atoms with Gasteiger partial charge in [0.1, 0.15) is 12.4 Å². The molecule has 0 amide bonds. The highest BCUT2D eigenvalue weighted by Crippen LogP contribution is 2.34. The summed E-state index contributed by atoms with van der Waals surface area (Å²) in [6.45, 7) is -0.325. The van der Waals surface area contributed by atoms with Gasteiger partial charge in [0.25, 0.3) is 0 Å².